The van der Waals surface area contributed by atoms with Gasteiger partial charge in [-0.3, -0.25) is 4.72 Å². The number of halogens is 1. The summed E-state index contributed by atoms with van der Waals surface area (Å²) in [7, 11) is -1.54. The Balaban J connectivity index is 3.44. The maximum absolute atomic E-state index is 11.4. The lowest BCUT2D eigenvalue weighted by Gasteiger charge is -2.08. The van der Waals surface area contributed by atoms with E-state index in [-0.39, 0.29) is 11.3 Å². The Bertz CT molecular complexity index is 710. The molecule has 0 heterocycles. The van der Waals surface area contributed by atoms with Crippen LogP contribution in [0.2, 0.25) is 0 Å². The van der Waals surface area contributed by atoms with Gasteiger partial charge in [-0.05, 0) is 18.2 Å². The Labute approximate surface area is 115 Å². The van der Waals surface area contributed by atoms with Crippen LogP contribution in [0, 0.1) is 0 Å². The van der Waals surface area contributed by atoms with Gasteiger partial charge in [-0.25, -0.2) is 21.6 Å². The van der Waals surface area contributed by atoms with Crippen LogP contribution in [0.1, 0.15) is 10.4 Å². The van der Waals surface area contributed by atoms with Crippen molar-refractivity contribution in [2.45, 2.75) is 4.90 Å². The molecule has 0 spiro atoms. The lowest BCUT2D eigenvalue weighted by atomic mass is 10.2. The van der Waals surface area contributed by atoms with Gasteiger partial charge in [0.2, 0.25) is 10.0 Å². The summed E-state index contributed by atoms with van der Waals surface area (Å²) in [5.74, 6) is -0.898. The van der Waals surface area contributed by atoms with Crippen LogP contribution in [-0.4, -0.2) is 36.2 Å². The van der Waals surface area contributed by atoms with E-state index in [1.54, 1.807) is 0 Å². The predicted molar refractivity (Wildman–Crippen MR) is 69.3 cm³/mol. The summed E-state index contributed by atoms with van der Waals surface area (Å²) in [6.07, 6.45) is 0.899. The van der Waals surface area contributed by atoms with Gasteiger partial charge in [0.05, 0.1) is 23.8 Å². The van der Waals surface area contributed by atoms with Gasteiger partial charge in [0, 0.05) is 16.4 Å². The zero-order valence-corrected chi connectivity index (χ0v) is 12.3. The molecule has 0 aliphatic rings. The number of nitrogens with one attached hydrogen (secondary N) is 1. The topological polar surface area (TPSA) is 107 Å². The molecule has 1 aromatic rings. The molecular formula is C9H10ClNO6S2. The van der Waals surface area contributed by atoms with E-state index in [0.717, 1.165) is 25.5 Å². The molecule has 1 N–H and O–H groups in total. The molecule has 0 unspecified atom stereocenters. The highest BCUT2D eigenvalue weighted by molar-refractivity contribution is 8.13. The second-order valence-corrected chi connectivity index (χ2v) is 7.80. The summed E-state index contributed by atoms with van der Waals surface area (Å²) in [5, 5.41) is 0. The maximum Gasteiger partial charge on any atom is 0.339 e. The van der Waals surface area contributed by atoms with Crippen molar-refractivity contribution in [1.29, 1.82) is 0 Å². The largest absolute Gasteiger partial charge is 0.465 e. The van der Waals surface area contributed by atoms with Gasteiger partial charge in [-0.15, -0.1) is 0 Å². The third-order valence-corrected chi connectivity index (χ3v) is 3.92. The molecule has 10 heteroatoms. The Hall–Kier alpha value is -1.32. The number of rotatable bonds is 4. The maximum atomic E-state index is 11.4. The molecule has 0 atom stereocenters. The molecule has 0 saturated heterocycles. The highest BCUT2D eigenvalue weighted by Gasteiger charge is 2.22. The number of ether oxygens (including phenoxy) is 1. The van der Waals surface area contributed by atoms with Crippen molar-refractivity contribution in [2.75, 3.05) is 18.1 Å². The summed E-state index contributed by atoms with van der Waals surface area (Å²) < 4.78 is 51.3. The highest BCUT2D eigenvalue weighted by atomic mass is 35.7. The Morgan fingerprint density at radius 2 is 1.84 bits per heavy atom. The van der Waals surface area contributed by atoms with Crippen molar-refractivity contribution in [1.82, 2.24) is 0 Å². The molecule has 19 heavy (non-hydrogen) atoms. The van der Waals surface area contributed by atoms with E-state index in [2.05, 4.69) is 9.46 Å². The van der Waals surface area contributed by atoms with E-state index < -0.39 is 29.9 Å². The van der Waals surface area contributed by atoms with Crippen molar-refractivity contribution in [3.63, 3.8) is 0 Å². The first-order valence-electron chi connectivity index (χ1n) is 4.69. The number of benzene rings is 1. The lowest BCUT2D eigenvalue weighted by molar-refractivity contribution is 0.0596. The number of carbonyl (C=O) groups is 1. The molecule has 1 aromatic carbocycles. The van der Waals surface area contributed by atoms with Gasteiger partial charge >= 0.3 is 5.97 Å². The minimum Gasteiger partial charge on any atom is -0.465 e. The monoisotopic (exact) mass is 327 g/mol. The van der Waals surface area contributed by atoms with E-state index in [1.807, 2.05) is 0 Å². The van der Waals surface area contributed by atoms with Gasteiger partial charge in [0.15, 0.2) is 0 Å². The van der Waals surface area contributed by atoms with Crippen molar-refractivity contribution >= 4 is 41.4 Å². The second kappa shape index (κ2) is 5.35. The first-order valence-corrected chi connectivity index (χ1v) is 8.89. The van der Waals surface area contributed by atoms with E-state index in [1.165, 1.54) is 6.07 Å². The van der Waals surface area contributed by atoms with Crippen molar-refractivity contribution in [3.05, 3.63) is 23.8 Å². The van der Waals surface area contributed by atoms with Crippen molar-refractivity contribution in [3.8, 4) is 0 Å². The molecule has 0 aromatic heterocycles. The van der Waals surface area contributed by atoms with Crippen LogP contribution >= 0.6 is 10.7 Å². The average Bonchev–Trinajstić information content (AvgIpc) is 2.24. The summed E-state index contributed by atoms with van der Waals surface area (Å²) in [6.45, 7) is 0. The third kappa shape index (κ3) is 4.37. The standard InChI is InChI=1S/C9H10ClNO6S2/c1-17-9(12)7-4-3-6(11-18(2,13)14)5-8(7)19(10,15)16/h3-5,11H,1-2H3. The number of anilines is 1. The predicted octanol–water partition coefficient (Wildman–Crippen LogP) is 0.772. The molecule has 0 radical (unpaired) electrons. The van der Waals surface area contributed by atoms with Gasteiger partial charge in [0.1, 0.15) is 0 Å². The number of methoxy groups -OCH3 is 1. The van der Waals surface area contributed by atoms with Gasteiger partial charge < -0.3 is 4.74 Å². The Morgan fingerprint density at radius 3 is 2.26 bits per heavy atom. The van der Waals surface area contributed by atoms with E-state index in [0.29, 0.717) is 0 Å². The molecule has 7 nitrogen and oxygen atoms in total. The summed E-state index contributed by atoms with van der Waals surface area (Å²) in [4.78, 5) is 10.9. The summed E-state index contributed by atoms with van der Waals surface area (Å²) >= 11 is 0. The molecule has 1 rings (SSSR count). The van der Waals surface area contributed by atoms with Crippen LogP contribution in [-0.2, 0) is 23.8 Å². The first-order chi connectivity index (χ1) is 8.54. The number of carbonyl (C=O) groups excluding carboxylic acids is 1. The summed E-state index contributed by atoms with van der Waals surface area (Å²) in [5.41, 5.74) is -0.314. The second-order valence-electron chi connectivity index (χ2n) is 3.51. The first kappa shape index (κ1) is 15.7. The average molecular weight is 328 g/mol. The number of hydrogen-bond donors (Lipinski definition) is 1. The molecule has 0 aliphatic carbocycles. The van der Waals surface area contributed by atoms with Gasteiger partial charge in [0.25, 0.3) is 9.05 Å². The van der Waals surface area contributed by atoms with Crippen LogP contribution < -0.4 is 4.72 Å². The van der Waals surface area contributed by atoms with Crippen LogP contribution in [0.15, 0.2) is 23.1 Å². The van der Waals surface area contributed by atoms with Crippen molar-refractivity contribution in [2.24, 2.45) is 0 Å². The van der Waals surface area contributed by atoms with Gasteiger partial charge in [-0.2, -0.15) is 0 Å². The smallest absolute Gasteiger partial charge is 0.339 e. The SMILES string of the molecule is COC(=O)c1ccc(NS(C)(=O)=O)cc1S(=O)(=O)Cl. The minimum atomic E-state index is -4.23. The summed E-state index contributed by atoms with van der Waals surface area (Å²) in [6, 6.07) is 3.27. The number of hydrogen-bond acceptors (Lipinski definition) is 6. The minimum absolute atomic E-state index is 0.0330. The van der Waals surface area contributed by atoms with E-state index >= 15 is 0 Å². The fourth-order valence-corrected chi connectivity index (χ4v) is 2.90. The Kier molecular flexibility index (Phi) is 4.43. The number of esters is 1. The third-order valence-electron chi connectivity index (χ3n) is 1.95. The normalized spacial score (nSPS) is 11.9. The molecule has 0 amide bonds. The van der Waals surface area contributed by atoms with E-state index in [9.17, 15) is 21.6 Å². The molecule has 0 bridgehead atoms. The van der Waals surface area contributed by atoms with Crippen LogP contribution in [0.5, 0.6) is 0 Å². The van der Waals surface area contributed by atoms with Crippen molar-refractivity contribution < 1.29 is 26.4 Å². The Morgan fingerprint density at radius 1 is 1.26 bits per heavy atom. The molecule has 0 fully saturated rings. The molecule has 0 aliphatic heterocycles. The fourth-order valence-electron chi connectivity index (χ4n) is 1.28. The van der Waals surface area contributed by atoms with Crippen LogP contribution in [0.4, 0.5) is 5.69 Å². The van der Waals surface area contributed by atoms with Gasteiger partial charge in [-0.1, -0.05) is 0 Å². The van der Waals surface area contributed by atoms with Crippen LogP contribution in [0.25, 0.3) is 0 Å². The zero-order chi connectivity index (χ0) is 14.8. The van der Waals surface area contributed by atoms with E-state index in [4.69, 9.17) is 10.7 Å². The lowest BCUT2D eigenvalue weighted by Crippen LogP contribution is -2.12. The molecular weight excluding hydrogens is 318 g/mol. The number of sulfonamides is 1. The quantitative estimate of drug-likeness (QED) is 0.646. The van der Waals surface area contributed by atoms with Crippen LogP contribution in [0.3, 0.4) is 0 Å². The molecule has 106 valence electrons. The zero-order valence-electron chi connectivity index (χ0n) is 9.88. The molecule has 0 saturated carbocycles. The highest BCUT2D eigenvalue weighted by Crippen LogP contribution is 2.25. The fraction of sp³-hybridized carbons (Fsp3) is 0.222.